The fourth-order valence-corrected chi connectivity index (χ4v) is 3.36. The van der Waals surface area contributed by atoms with Gasteiger partial charge in [0.05, 0.1) is 12.3 Å². The number of carboxylic acids is 1. The van der Waals surface area contributed by atoms with Gasteiger partial charge in [-0.1, -0.05) is 23.7 Å². The third-order valence-corrected chi connectivity index (χ3v) is 4.92. The second kappa shape index (κ2) is 9.80. The zero-order valence-electron chi connectivity index (χ0n) is 17.1. The van der Waals surface area contributed by atoms with Crippen molar-refractivity contribution in [3.8, 4) is 11.5 Å². The molecule has 8 nitrogen and oxygen atoms in total. The maximum absolute atomic E-state index is 13.1. The Hall–Kier alpha value is -3.43. The van der Waals surface area contributed by atoms with Gasteiger partial charge in [0.15, 0.2) is 22.7 Å². The minimum absolute atomic E-state index is 0.0548. The van der Waals surface area contributed by atoms with Crippen molar-refractivity contribution in [2.24, 2.45) is 0 Å². The predicted octanol–water partition coefficient (Wildman–Crippen LogP) is 3.42. The largest absolute Gasteiger partial charge is 0.490 e. The van der Waals surface area contributed by atoms with E-state index in [4.69, 9.17) is 38.4 Å². The molecule has 1 aliphatic heterocycles. The maximum atomic E-state index is 13.1. The number of halogens is 1. The minimum atomic E-state index is -1.12. The standard InChI is InChI=1S/C22H19ClN2O6S/c1-3-30-18-10-13(7-8-17(18)31-12(2)21(28)29)9-16-19(26)24-22(32)25(20(16)27)15-6-4-5-14(23)11-15/h4-12H,3H2,1-2H3,(H,28,29)(H,24,26,32)/b16-9+/t12-/m0/s1. The summed E-state index contributed by atoms with van der Waals surface area (Å²) in [5.41, 5.74) is 0.745. The fraction of sp³-hybridized carbons (Fsp3) is 0.182. The van der Waals surface area contributed by atoms with Crippen LogP contribution < -0.4 is 19.7 Å². The van der Waals surface area contributed by atoms with Crippen LogP contribution in [-0.2, 0) is 14.4 Å². The lowest BCUT2D eigenvalue weighted by Crippen LogP contribution is -2.54. The molecule has 0 aromatic heterocycles. The number of amides is 2. The maximum Gasteiger partial charge on any atom is 0.344 e. The van der Waals surface area contributed by atoms with Gasteiger partial charge in [0.25, 0.3) is 11.8 Å². The molecule has 0 spiro atoms. The van der Waals surface area contributed by atoms with Gasteiger partial charge in [0, 0.05) is 5.02 Å². The SMILES string of the molecule is CCOc1cc(/C=C2\C(=O)NC(=S)N(c3cccc(Cl)c3)C2=O)ccc1O[C@@H](C)C(=O)O. The van der Waals surface area contributed by atoms with Crippen LogP contribution in [0, 0.1) is 0 Å². The Morgan fingerprint density at radius 2 is 2.00 bits per heavy atom. The van der Waals surface area contributed by atoms with Gasteiger partial charge in [0.2, 0.25) is 0 Å². The van der Waals surface area contributed by atoms with Crippen molar-refractivity contribution in [2.45, 2.75) is 20.0 Å². The first-order chi connectivity index (χ1) is 15.2. The molecule has 0 radical (unpaired) electrons. The van der Waals surface area contributed by atoms with Crippen molar-refractivity contribution < 1.29 is 29.0 Å². The first-order valence-electron chi connectivity index (χ1n) is 9.54. The van der Waals surface area contributed by atoms with Gasteiger partial charge in [-0.2, -0.15) is 0 Å². The molecule has 1 aliphatic rings. The third kappa shape index (κ3) is 5.06. The number of thiocarbonyl (C=S) groups is 1. The van der Waals surface area contributed by atoms with Gasteiger partial charge in [0.1, 0.15) is 5.57 Å². The van der Waals surface area contributed by atoms with E-state index in [2.05, 4.69) is 5.32 Å². The number of aliphatic carboxylic acids is 1. The van der Waals surface area contributed by atoms with E-state index >= 15 is 0 Å². The molecule has 32 heavy (non-hydrogen) atoms. The second-order valence-electron chi connectivity index (χ2n) is 6.68. The van der Waals surface area contributed by atoms with Crippen LogP contribution in [0.5, 0.6) is 11.5 Å². The van der Waals surface area contributed by atoms with Gasteiger partial charge in [-0.3, -0.25) is 19.8 Å². The number of carbonyl (C=O) groups is 3. The highest BCUT2D eigenvalue weighted by molar-refractivity contribution is 7.80. The molecule has 0 saturated carbocycles. The summed E-state index contributed by atoms with van der Waals surface area (Å²) in [6.07, 6.45) is 0.306. The highest BCUT2D eigenvalue weighted by Gasteiger charge is 2.34. The van der Waals surface area contributed by atoms with Crippen LogP contribution in [0.25, 0.3) is 6.08 Å². The molecule has 2 N–H and O–H groups in total. The van der Waals surface area contributed by atoms with Crippen molar-refractivity contribution in [1.82, 2.24) is 5.32 Å². The summed E-state index contributed by atoms with van der Waals surface area (Å²) >= 11 is 11.2. The number of nitrogens with zero attached hydrogens (tertiary/aromatic N) is 1. The number of benzene rings is 2. The van der Waals surface area contributed by atoms with E-state index in [0.29, 0.717) is 22.9 Å². The number of rotatable bonds is 7. The molecular formula is C22H19ClN2O6S. The van der Waals surface area contributed by atoms with Gasteiger partial charge in [-0.05, 0) is 68.0 Å². The number of hydrogen-bond acceptors (Lipinski definition) is 6. The number of anilines is 1. The minimum Gasteiger partial charge on any atom is -0.490 e. The fourth-order valence-electron chi connectivity index (χ4n) is 2.89. The molecule has 2 amide bonds. The van der Waals surface area contributed by atoms with E-state index < -0.39 is 23.9 Å². The first-order valence-corrected chi connectivity index (χ1v) is 10.3. The zero-order valence-corrected chi connectivity index (χ0v) is 18.7. The molecular weight excluding hydrogens is 456 g/mol. The van der Waals surface area contributed by atoms with Crippen LogP contribution in [0.3, 0.4) is 0 Å². The summed E-state index contributed by atoms with van der Waals surface area (Å²) in [6.45, 7) is 3.46. The molecule has 3 rings (SSSR count). The van der Waals surface area contributed by atoms with E-state index in [0.717, 1.165) is 0 Å². The first kappa shape index (κ1) is 23.2. The summed E-state index contributed by atoms with van der Waals surface area (Å²) < 4.78 is 11.0. The number of carboxylic acid groups (broad SMARTS) is 1. The Morgan fingerprint density at radius 1 is 1.25 bits per heavy atom. The molecule has 0 unspecified atom stereocenters. The van der Waals surface area contributed by atoms with Gasteiger partial charge in [-0.25, -0.2) is 4.79 Å². The summed E-state index contributed by atoms with van der Waals surface area (Å²) in [6, 6.07) is 11.2. The van der Waals surface area contributed by atoms with Crippen LogP contribution in [0.1, 0.15) is 19.4 Å². The number of hydrogen-bond donors (Lipinski definition) is 2. The second-order valence-corrected chi connectivity index (χ2v) is 7.50. The lowest BCUT2D eigenvalue weighted by atomic mass is 10.1. The van der Waals surface area contributed by atoms with E-state index in [9.17, 15) is 14.4 Å². The lowest BCUT2D eigenvalue weighted by Gasteiger charge is -2.29. The van der Waals surface area contributed by atoms with Crippen LogP contribution >= 0.6 is 23.8 Å². The van der Waals surface area contributed by atoms with E-state index in [1.54, 1.807) is 43.3 Å². The monoisotopic (exact) mass is 474 g/mol. The quantitative estimate of drug-likeness (QED) is 0.360. The molecule has 1 heterocycles. The topological polar surface area (TPSA) is 105 Å². The van der Waals surface area contributed by atoms with Crippen LogP contribution in [-0.4, -0.2) is 40.7 Å². The molecule has 10 heteroatoms. The van der Waals surface area contributed by atoms with Gasteiger partial charge >= 0.3 is 5.97 Å². The highest BCUT2D eigenvalue weighted by Crippen LogP contribution is 2.31. The van der Waals surface area contributed by atoms with Crippen LogP contribution in [0.2, 0.25) is 5.02 Å². The molecule has 2 aromatic carbocycles. The highest BCUT2D eigenvalue weighted by atomic mass is 35.5. The third-order valence-electron chi connectivity index (χ3n) is 4.40. The summed E-state index contributed by atoms with van der Waals surface area (Å²) in [5.74, 6) is -1.87. The number of ether oxygens (including phenoxy) is 2. The van der Waals surface area contributed by atoms with Crippen molar-refractivity contribution >= 4 is 58.5 Å². The molecule has 2 aromatic rings. The van der Waals surface area contributed by atoms with E-state index in [1.807, 2.05) is 0 Å². The predicted molar refractivity (Wildman–Crippen MR) is 123 cm³/mol. The molecule has 1 atom stereocenters. The summed E-state index contributed by atoms with van der Waals surface area (Å²) in [7, 11) is 0. The smallest absolute Gasteiger partial charge is 0.344 e. The Bertz CT molecular complexity index is 1130. The van der Waals surface area contributed by atoms with Crippen molar-refractivity contribution in [1.29, 1.82) is 0 Å². The lowest BCUT2D eigenvalue weighted by molar-refractivity contribution is -0.144. The number of nitrogens with one attached hydrogen (secondary N) is 1. The Labute approximate surface area is 194 Å². The zero-order chi connectivity index (χ0) is 23.4. The molecule has 0 bridgehead atoms. The van der Waals surface area contributed by atoms with E-state index in [-0.39, 0.29) is 22.2 Å². The average Bonchev–Trinajstić information content (AvgIpc) is 2.73. The Morgan fingerprint density at radius 3 is 2.66 bits per heavy atom. The average molecular weight is 475 g/mol. The van der Waals surface area contributed by atoms with E-state index in [1.165, 1.54) is 24.0 Å². The Kier molecular flexibility index (Phi) is 7.12. The molecule has 1 saturated heterocycles. The Balaban J connectivity index is 1.97. The molecule has 0 aliphatic carbocycles. The van der Waals surface area contributed by atoms with Crippen molar-refractivity contribution in [3.05, 3.63) is 58.6 Å². The van der Waals surface area contributed by atoms with Crippen LogP contribution in [0.15, 0.2) is 48.0 Å². The summed E-state index contributed by atoms with van der Waals surface area (Å²) in [5, 5.41) is 11.9. The normalized spacial score (nSPS) is 16.0. The van der Waals surface area contributed by atoms with Gasteiger partial charge in [-0.15, -0.1) is 0 Å². The number of carbonyl (C=O) groups excluding carboxylic acids is 2. The molecule has 1 fully saturated rings. The molecule has 166 valence electrons. The van der Waals surface area contributed by atoms with Crippen molar-refractivity contribution in [3.63, 3.8) is 0 Å². The van der Waals surface area contributed by atoms with Crippen molar-refractivity contribution in [2.75, 3.05) is 11.5 Å². The summed E-state index contributed by atoms with van der Waals surface area (Å²) in [4.78, 5) is 37.9. The van der Waals surface area contributed by atoms with Crippen LogP contribution in [0.4, 0.5) is 5.69 Å². The van der Waals surface area contributed by atoms with Gasteiger partial charge < -0.3 is 14.6 Å².